The van der Waals surface area contributed by atoms with Crippen LogP contribution in [0.3, 0.4) is 0 Å². The molecule has 33 heavy (non-hydrogen) atoms. The minimum atomic E-state index is -0.359. The van der Waals surface area contributed by atoms with Crippen molar-refractivity contribution in [3.8, 4) is 0 Å². The molecule has 1 N–H and O–H groups in total. The predicted octanol–water partition coefficient (Wildman–Crippen LogP) is 3.03. The topological polar surface area (TPSA) is 96.8 Å². The summed E-state index contributed by atoms with van der Waals surface area (Å²) in [6.07, 6.45) is 1.63. The number of H-pyrrole nitrogens is 1. The number of halogens is 1. The van der Waals surface area contributed by atoms with Gasteiger partial charge in [-0.05, 0) is 49.1 Å². The van der Waals surface area contributed by atoms with Gasteiger partial charge in [0.05, 0.1) is 6.54 Å². The molecule has 8 nitrogen and oxygen atoms in total. The number of aromatic amines is 1. The number of aromatic nitrogens is 5. The third-order valence-electron chi connectivity index (χ3n) is 6.11. The maximum Gasteiger partial charge on any atom is 0.281 e. The average Bonchev–Trinajstić information content (AvgIpc) is 3.24. The molecule has 1 unspecified atom stereocenters. The summed E-state index contributed by atoms with van der Waals surface area (Å²) < 4.78 is 14.8. The highest BCUT2D eigenvalue weighted by molar-refractivity contribution is 5.95. The lowest BCUT2D eigenvalue weighted by Gasteiger charge is -2.32. The highest BCUT2D eigenvalue weighted by Crippen LogP contribution is 2.26. The van der Waals surface area contributed by atoms with Gasteiger partial charge in [-0.25, -0.2) is 14.1 Å². The van der Waals surface area contributed by atoms with Gasteiger partial charge in [0.1, 0.15) is 11.6 Å². The molecule has 1 aliphatic rings. The molecule has 2 aromatic carbocycles. The van der Waals surface area contributed by atoms with Crippen molar-refractivity contribution in [1.29, 1.82) is 0 Å². The number of hydrogen-bond acceptors (Lipinski definition) is 5. The van der Waals surface area contributed by atoms with Crippen LogP contribution in [0.2, 0.25) is 0 Å². The van der Waals surface area contributed by atoms with Gasteiger partial charge in [0.15, 0.2) is 11.2 Å². The number of amides is 1. The Balaban J connectivity index is 1.43. The molecule has 1 atom stereocenters. The third kappa shape index (κ3) is 4.13. The molecular formula is C24H23FN6O2. The largest absolute Gasteiger partial charge is 0.338 e. The molecule has 4 aromatic rings. The summed E-state index contributed by atoms with van der Waals surface area (Å²) in [5.74, 6) is 0.0980. The summed E-state index contributed by atoms with van der Waals surface area (Å²) in [5.41, 5.74) is 2.62. The lowest BCUT2D eigenvalue weighted by molar-refractivity contribution is 0.0704. The highest BCUT2D eigenvalue weighted by Gasteiger charge is 2.28. The van der Waals surface area contributed by atoms with Crippen LogP contribution in [0.25, 0.3) is 11.2 Å². The number of piperidine rings is 1. The number of nitrogens with one attached hydrogen (secondary N) is 1. The second kappa shape index (κ2) is 8.57. The van der Waals surface area contributed by atoms with Crippen LogP contribution in [-0.2, 0) is 6.54 Å². The van der Waals surface area contributed by atoms with Crippen molar-refractivity contribution in [1.82, 2.24) is 29.9 Å². The number of likely N-dealkylation sites (tertiary alicyclic amines) is 1. The fourth-order valence-electron chi connectivity index (χ4n) is 4.31. The summed E-state index contributed by atoms with van der Waals surface area (Å²) in [6, 6.07) is 13.6. The zero-order valence-electron chi connectivity index (χ0n) is 18.2. The van der Waals surface area contributed by atoms with Crippen molar-refractivity contribution >= 4 is 17.1 Å². The van der Waals surface area contributed by atoms with E-state index in [-0.39, 0.29) is 28.7 Å². The number of nitrogens with zero attached hydrogens (tertiary/aromatic N) is 5. The molecule has 1 aliphatic heterocycles. The number of aryl methyl sites for hydroxylation is 1. The summed E-state index contributed by atoms with van der Waals surface area (Å²) in [4.78, 5) is 35.2. The molecule has 0 bridgehead atoms. The first-order chi connectivity index (χ1) is 16.0. The Bertz CT molecular complexity index is 1380. The van der Waals surface area contributed by atoms with Crippen molar-refractivity contribution in [2.75, 3.05) is 13.1 Å². The van der Waals surface area contributed by atoms with Crippen LogP contribution in [0.4, 0.5) is 4.39 Å². The van der Waals surface area contributed by atoms with Crippen molar-refractivity contribution in [3.05, 3.63) is 87.2 Å². The number of carbonyl (C=O) groups is 1. The molecule has 9 heteroatoms. The Hall–Kier alpha value is -3.88. The Morgan fingerprint density at radius 3 is 2.76 bits per heavy atom. The van der Waals surface area contributed by atoms with Gasteiger partial charge in [-0.3, -0.25) is 9.59 Å². The first-order valence-corrected chi connectivity index (χ1v) is 10.9. The number of benzene rings is 2. The smallest absolute Gasteiger partial charge is 0.281 e. The molecule has 5 rings (SSSR count). The second-order valence-corrected chi connectivity index (χ2v) is 8.40. The molecule has 1 amide bonds. The Kier molecular flexibility index (Phi) is 5.45. The molecule has 1 fully saturated rings. The number of hydrogen-bond donors (Lipinski definition) is 1. The van der Waals surface area contributed by atoms with Crippen molar-refractivity contribution in [2.24, 2.45) is 0 Å². The van der Waals surface area contributed by atoms with Crippen LogP contribution in [0.1, 0.15) is 46.1 Å². The van der Waals surface area contributed by atoms with E-state index in [1.54, 1.807) is 16.8 Å². The molecule has 0 spiro atoms. The van der Waals surface area contributed by atoms with Gasteiger partial charge in [-0.15, -0.1) is 5.10 Å². The average molecular weight is 446 g/mol. The van der Waals surface area contributed by atoms with Gasteiger partial charge in [0.2, 0.25) is 0 Å². The Labute approximate surface area is 189 Å². The van der Waals surface area contributed by atoms with E-state index in [0.29, 0.717) is 36.7 Å². The molecule has 3 heterocycles. The van der Waals surface area contributed by atoms with Crippen molar-refractivity contribution in [2.45, 2.75) is 32.2 Å². The minimum absolute atomic E-state index is 0.00996. The first-order valence-electron chi connectivity index (χ1n) is 10.9. The van der Waals surface area contributed by atoms with E-state index in [4.69, 9.17) is 0 Å². The summed E-state index contributed by atoms with van der Waals surface area (Å²) in [5, 5.41) is 8.06. The van der Waals surface area contributed by atoms with Crippen LogP contribution in [-0.4, -0.2) is 48.9 Å². The number of rotatable bonds is 4. The molecule has 0 aliphatic carbocycles. The van der Waals surface area contributed by atoms with Crippen LogP contribution < -0.4 is 5.56 Å². The van der Waals surface area contributed by atoms with Gasteiger partial charge in [0, 0.05) is 24.6 Å². The SMILES string of the molecule is Cc1ccccc1C(=O)N1CCCC(c2nc3c(nnn3Cc3ccc(F)cc3)c(=O)[nH]2)C1. The molecule has 2 aromatic heterocycles. The lowest BCUT2D eigenvalue weighted by atomic mass is 9.96. The normalized spacial score (nSPS) is 16.3. The first kappa shape index (κ1) is 21.0. The van der Waals surface area contributed by atoms with Crippen LogP contribution in [0.5, 0.6) is 0 Å². The Morgan fingerprint density at radius 2 is 1.97 bits per heavy atom. The highest BCUT2D eigenvalue weighted by atomic mass is 19.1. The van der Waals surface area contributed by atoms with E-state index in [0.717, 1.165) is 24.0 Å². The van der Waals surface area contributed by atoms with E-state index in [1.165, 1.54) is 12.1 Å². The van der Waals surface area contributed by atoms with E-state index in [9.17, 15) is 14.0 Å². The summed E-state index contributed by atoms with van der Waals surface area (Å²) >= 11 is 0. The molecule has 1 saturated heterocycles. The van der Waals surface area contributed by atoms with Gasteiger partial charge in [0.25, 0.3) is 11.5 Å². The number of fused-ring (bicyclic) bond motifs is 1. The van der Waals surface area contributed by atoms with Crippen LogP contribution in [0, 0.1) is 12.7 Å². The predicted molar refractivity (Wildman–Crippen MR) is 121 cm³/mol. The molecular weight excluding hydrogens is 423 g/mol. The van der Waals surface area contributed by atoms with E-state index in [2.05, 4.69) is 20.3 Å². The summed E-state index contributed by atoms with van der Waals surface area (Å²) in [6.45, 7) is 3.38. The third-order valence-corrected chi connectivity index (χ3v) is 6.11. The fraction of sp³-hybridized carbons (Fsp3) is 0.292. The maximum atomic E-state index is 13.2. The van der Waals surface area contributed by atoms with Gasteiger partial charge < -0.3 is 9.88 Å². The van der Waals surface area contributed by atoms with Crippen molar-refractivity contribution < 1.29 is 9.18 Å². The monoisotopic (exact) mass is 446 g/mol. The quantitative estimate of drug-likeness (QED) is 0.520. The van der Waals surface area contributed by atoms with Gasteiger partial charge in [-0.2, -0.15) is 0 Å². The fourth-order valence-corrected chi connectivity index (χ4v) is 4.31. The van der Waals surface area contributed by atoms with Gasteiger partial charge >= 0.3 is 0 Å². The molecule has 0 radical (unpaired) electrons. The second-order valence-electron chi connectivity index (χ2n) is 8.40. The van der Waals surface area contributed by atoms with Crippen molar-refractivity contribution in [3.63, 3.8) is 0 Å². The zero-order valence-corrected chi connectivity index (χ0v) is 18.2. The van der Waals surface area contributed by atoms with E-state index in [1.807, 2.05) is 36.1 Å². The zero-order chi connectivity index (χ0) is 22.9. The van der Waals surface area contributed by atoms with E-state index >= 15 is 0 Å². The molecule has 0 saturated carbocycles. The summed E-state index contributed by atoms with van der Waals surface area (Å²) in [7, 11) is 0. The number of carbonyl (C=O) groups excluding carboxylic acids is 1. The van der Waals surface area contributed by atoms with E-state index < -0.39 is 0 Å². The standard InChI is InChI=1S/C24H23FN6O2/c1-15-5-2-3-7-19(15)24(33)30-12-4-6-17(14-30)21-26-22-20(23(32)27-21)28-29-31(22)13-16-8-10-18(25)11-9-16/h2-3,5,7-11,17H,4,6,12-14H2,1H3,(H,26,27,32). The van der Waals surface area contributed by atoms with Crippen LogP contribution in [0.15, 0.2) is 53.3 Å². The maximum absolute atomic E-state index is 13.2. The lowest BCUT2D eigenvalue weighted by Crippen LogP contribution is -2.40. The minimum Gasteiger partial charge on any atom is -0.338 e. The van der Waals surface area contributed by atoms with Gasteiger partial charge in [-0.1, -0.05) is 35.5 Å². The van der Waals surface area contributed by atoms with Crippen LogP contribution >= 0.6 is 0 Å². The Morgan fingerprint density at radius 1 is 1.18 bits per heavy atom. The molecule has 168 valence electrons.